The Morgan fingerprint density at radius 2 is 1.64 bits per heavy atom. The molecular weight excluding hydrogens is 492 g/mol. The highest BCUT2D eigenvalue weighted by Gasteiger charge is 2.30. The first-order valence-corrected chi connectivity index (χ1v) is 11.8. The van der Waals surface area contributed by atoms with Crippen LogP contribution < -0.4 is 0 Å². The number of hydrogen-bond donors (Lipinski definition) is 1. The van der Waals surface area contributed by atoms with Crippen LogP contribution in [-0.4, -0.2) is 59.7 Å². The summed E-state index contributed by atoms with van der Waals surface area (Å²) in [6.45, 7) is 12.5. The van der Waals surface area contributed by atoms with Gasteiger partial charge in [0.05, 0.1) is 37.9 Å². The summed E-state index contributed by atoms with van der Waals surface area (Å²) in [5, 5.41) is 41.3. The number of likely N-dealkylation sites (N-methyl/N-ethyl adjacent to an activating group) is 1. The van der Waals surface area contributed by atoms with Gasteiger partial charge in [0.15, 0.2) is 5.16 Å². The molecule has 0 atom stereocenters. The first-order chi connectivity index (χ1) is 17.1. The molecule has 192 valence electrons. The van der Waals surface area contributed by atoms with Crippen LogP contribution in [-0.2, 0) is 6.54 Å². The molecule has 13 nitrogen and oxygen atoms in total. The highest BCUT2D eigenvalue weighted by atomic mass is 32.2. The van der Waals surface area contributed by atoms with Gasteiger partial charge < -0.3 is 14.6 Å². The number of benzene rings is 2. The average molecular weight is 519 g/mol. The summed E-state index contributed by atoms with van der Waals surface area (Å²) in [6, 6.07) is 9.26. The van der Waals surface area contributed by atoms with E-state index >= 15 is 0 Å². The van der Waals surface area contributed by atoms with Crippen LogP contribution in [0, 0.1) is 30.3 Å². The normalized spacial score (nSPS) is 10.6. The van der Waals surface area contributed by atoms with Crippen molar-refractivity contribution in [1.29, 1.82) is 0 Å². The molecule has 0 radical (unpaired) electrons. The SMILES string of the molecule is C=CCSc1nc2ccccc2n1CCN(CC)CC.O=[N+]([O-])c1cc([N+](=O)[O-])c(O)c([N+](=O)[O-])c1. The summed E-state index contributed by atoms with van der Waals surface area (Å²) in [6.07, 6.45) is 1.93. The number of phenolic OH excluding ortho intramolecular Hbond substituents is 1. The maximum atomic E-state index is 10.4. The molecule has 0 fully saturated rings. The van der Waals surface area contributed by atoms with E-state index in [1.54, 1.807) is 11.8 Å². The maximum Gasteiger partial charge on any atom is 0.324 e. The van der Waals surface area contributed by atoms with Crippen molar-refractivity contribution in [3.05, 3.63) is 79.4 Å². The monoisotopic (exact) mass is 518 g/mol. The van der Waals surface area contributed by atoms with Gasteiger partial charge in [0.2, 0.25) is 0 Å². The van der Waals surface area contributed by atoms with Crippen LogP contribution in [0.4, 0.5) is 17.1 Å². The van der Waals surface area contributed by atoms with E-state index in [0.29, 0.717) is 12.1 Å². The minimum absolute atomic E-state index is 0.447. The van der Waals surface area contributed by atoms with E-state index in [1.807, 2.05) is 12.1 Å². The number of para-hydroxylation sites is 2. The number of thioether (sulfide) groups is 1. The van der Waals surface area contributed by atoms with Crippen molar-refractivity contribution in [2.75, 3.05) is 25.4 Å². The lowest BCUT2D eigenvalue weighted by molar-refractivity contribution is -0.404. The lowest BCUT2D eigenvalue weighted by Crippen LogP contribution is -2.27. The number of nitro benzene ring substituents is 3. The van der Waals surface area contributed by atoms with Crippen LogP contribution in [0.15, 0.2) is 54.2 Å². The molecule has 3 rings (SSSR count). The fourth-order valence-corrected chi connectivity index (χ4v) is 4.04. The van der Waals surface area contributed by atoms with Crippen molar-refractivity contribution in [2.24, 2.45) is 0 Å². The van der Waals surface area contributed by atoms with E-state index in [1.165, 1.54) is 5.52 Å². The predicted molar refractivity (Wildman–Crippen MR) is 137 cm³/mol. The van der Waals surface area contributed by atoms with E-state index in [-0.39, 0.29) is 0 Å². The van der Waals surface area contributed by atoms with Crippen LogP contribution in [0.3, 0.4) is 0 Å². The van der Waals surface area contributed by atoms with Crippen molar-refractivity contribution in [2.45, 2.75) is 25.5 Å². The Labute approximate surface area is 210 Å². The molecule has 0 bridgehead atoms. The number of aromatic nitrogens is 2. The van der Waals surface area contributed by atoms with Gasteiger partial charge >= 0.3 is 11.4 Å². The lowest BCUT2D eigenvalue weighted by Gasteiger charge is -2.19. The molecule has 3 aromatic rings. The van der Waals surface area contributed by atoms with Crippen molar-refractivity contribution in [3.8, 4) is 5.75 Å². The van der Waals surface area contributed by atoms with Crippen LogP contribution >= 0.6 is 11.8 Å². The van der Waals surface area contributed by atoms with Crippen molar-refractivity contribution >= 4 is 39.9 Å². The van der Waals surface area contributed by atoms with Gasteiger partial charge in [-0.25, -0.2) is 4.98 Å². The number of fused-ring (bicyclic) bond motifs is 1. The highest BCUT2D eigenvalue weighted by Crippen LogP contribution is 2.39. The maximum absolute atomic E-state index is 10.4. The van der Waals surface area contributed by atoms with Gasteiger partial charge in [0.25, 0.3) is 11.4 Å². The van der Waals surface area contributed by atoms with Gasteiger partial charge in [-0.15, -0.1) is 6.58 Å². The third-order valence-electron chi connectivity index (χ3n) is 5.14. The van der Waals surface area contributed by atoms with Gasteiger partial charge in [-0.1, -0.05) is 43.8 Å². The van der Waals surface area contributed by atoms with E-state index < -0.39 is 37.6 Å². The molecule has 1 aromatic heterocycles. The second-order valence-electron chi connectivity index (χ2n) is 7.27. The third kappa shape index (κ3) is 6.99. The summed E-state index contributed by atoms with van der Waals surface area (Å²) < 4.78 is 2.34. The lowest BCUT2D eigenvalue weighted by atomic mass is 10.2. The van der Waals surface area contributed by atoms with Gasteiger partial charge in [0, 0.05) is 18.8 Å². The fourth-order valence-electron chi connectivity index (χ4n) is 3.27. The molecule has 0 spiro atoms. The molecule has 1 heterocycles. The molecule has 0 aliphatic heterocycles. The Morgan fingerprint density at radius 1 is 1.06 bits per heavy atom. The topological polar surface area (TPSA) is 171 Å². The molecule has 36 heavy (non-hydrogen) atoms. The first-order valence-electron chi connectivity index (χ1n) is 10.9. The highest BCUT2D eigenvalue weighted by molar-refractivity contribution is 7.99. The third-order valence-corrected chi connectivity index (χ3v) is 6.11. The first kappa shape index (κ1) is 28.2. The zero-order valence-corrected chi connectivity index (χ0v) is 20.6. The van der Waals surface area contributed by atoms with Crippen molar-refractivity contribution in [1.82, 2.24) is 14.5 Å². The van der Waals surface area contributed by atoms with Crippen LogP contribution in [0.5, 0.6) is 5.75 Å². The predicted octanol–water partition coefficient (Wildman–Crippen LogP) is 4.77. The zero-order valence-electron chi connectivity index (χ0n) is 19.8. The van der Waals surface area contributed by atoms with E-state index in [9.17, 15) is 30.3 Å². The van der Waals surface area contributed by atoms with Crippen LogP contribution in [0.2, 0.25) is 0 Å². The quantitative estimate of drug-likeness (QED) is 0.161. The molecule has 2 aromatic carbocycles. The number of phenols is 1. The Balaban J connectivity index is 0.000000261. The fraction of sp³-hybridized carbons (Fsp3) is 0.318. The summed E-state index contributed by atoms with van der Waals surface area (Å²) in [4.78, 5) is 34.9. The van der Waals surface area contributed by atoms with Crippen LogP contribution in [0.25, 0.3) is 11.0 Å². The molecule has 0 aliphatic rings. The van der Waals surface area contributed by atoms with Crippen molar-refractivity contribution < 1.29 is 19.9 Å². The van der Waals surface area contributed by atoms with Gasteiger partial charge in [0.1, 0.15) is 0 Å². The van der Waals surface area contributed by atoms with Gasteiger partial charge in [-0.3, -0.25) is 30.3 Å². The molecule has 0 aliphatic carbocycles. The van der Waals surface area contributed by atoms with Crippen LogP contribution in [0.1, 0.15) is 13.8 Å². The molecule has 14 heteroatoms. The Kier molecular flexibility index (Phi) is 10.3. The summed E-state index contributed by atoms with van der Waals surface area (Å²) in [7, 11) is 0. The number of nitrogens with zero attached hydrogens (tertiary/aromatic N) is 6. The van der Waals surface area contributed by atoms with Gasteiger partial charge in [-0.2, -0.15) is 0 Å². The summed E-state index contributed by atoms with van der Waals surface area (Å²) in [5.74, 6) is -0.310. The Hall–Kier alpha value is -4.04. The molecule has 0 saturated heterocycles. The Bertz CT molecular complexity index is 1220. The molecular formula is C22H26N6O7S. The minimum Gasteiger partial charge on any atom is -0.497 e. The largest absolute Gasteiger partial charge is 0.497 e. The smallest absolute Gasteiger partial charge is 0.324 e. The number of rotatable bonds is 11. The van der Waals surface area contributed by atoms with E-state index in [0.717, 1.165) is 42.6 Å². The van der Waals surface area contributed by atoms with E-state index in [2.05, 4.69) is 48.1 Å². The number of aromatic hydroxyl groups is 1. The molecule has 1 N–H and O–H groups in total. The molecule has 0 amide bonds. The number of non-ortho nitro benzene ring substituents is 1. The summed E-state index contributed by atoms with van der Waals surface area (Å²) >= 11 is 1.75. The Morgan fingerprint density at radius 3 is 2.14 bits per heavy atom. The number of hydrogen-bond acceptors (Lipinski definition) is 10. The second-order valence-corrected chi connectivity index (χ2v) is 8.25. The van der Waals surface area contributed by atoms with Crippen molar-refractivity contribution in [3.63, 3.8) is 0 Å². The summed E-state index contributed by atoms with van der Waals surface area (Å²) in [5.41, 5.74) is -0.692. The minimum atomic E-state index is -1.21. The second kappa shape index (κ2) is 13.2. The van der Waals surface area contributed by atoms with E-state index in [4.69, 9.17) is 10.1 Å². The average Bonchev–Trinajstić information content (AvgIpc) is 3.20. The number of nitro groups is 3. The molecule has 0 unspecified atom stereocenters. The van der Waals surface area contributed by atoms with Gasteiger partial charge in [-0.05, 0) is 25.2 Å². The zero-order chi connectivity index (χ0) is 26.8. The molecule has 0 saturated carbocycles. The number of imidazole rings is 1. The standard InChI is InChI=1S/C16H23N3S.C6H3N3O7/c1-4-13-20-16-17-14-9-7-8-10-15(14)19(16)12-11-18(5-2)6-3;10-6-4(8(13)14)1-3(7(11)12)2-5(6)9(15)16/h4,7-10H,1,5-6,11-13H2,2-3H3;1-2,10H.